The van der Waals surface area contributed by atoms with Gasteiger partial charge in [0.1, 0.15) is 5.82 Å². The van der Waals surface area contributed by atoms with Crippen LogP contribution >= 0.6 is 11.3 Å². The van der Waals surface area contributed by atoms with E-state index in [4.69, 9.17) is 10.7 Å². The van der Waals surface area contributed by atoms with Crippen LogP contribution < -0.4 is 21.9 Å². The van der Waals surface area contributed by atoms with E-state index in [0.717, 1.165) is 49.3 Å². The molecule has 1 aliphatic heterocycles. The van der Waals surface area contributed by atoms with E-state index in [-0.39, 0.29) is 24.0 Å². The summed E-state index contributed by atoms with van der Waals surface area (Å²) in [6.07, 6.45) is 3.50. The summed E-state index contributed by atoms with van der Waals surface area (Å²) in [5.74, 6) is 0.248. The number of hydrogen-bond acceptors (Lipinski definition) is 7. The number of carbonyl (C=O) groups excluding carboxylic acids is 1. The molecule has 182 valence electrons. The van der Waals surface area contributed by atoms with E-state index in [0.29, 0.717) is 19.0 Å². The molecule has 0 atom stereocenters. The Kier molecular flexibility index (Phi) is 7.47. The van der Waals surface area contributed by atoms with Gasteiger partial charge in [-0.2, -0.15) is 0 Å². The Balaban J connectivity index is 1.44. The van der Waals surface area contributed by atoms with E-state index in [9.17, 15) is 14.4 Å². The summed E-state index contributed by atoms with van der Waals surface area (Å²) in [6, 6.07) is 8.18. The van der Waals surface area contributed by atoms with Crippen molar-refractivity contribution in [3.63, 3.8) is 0 Å². The maximum absolute atomic E-state index is 13.2. The van der Waals surface area contributed by atoms with E-state index in [2.05, 4.69) is 16.0 Å². The molecule has 3 N–H and O–H groups in total. The zero-order valence-electron chi connectivity index (χ0n) is 19.7. The monoisotopic (exact) mass is 484 g/mol. The lowest BCUT2D eigenvalue weighted by atomic mass is 9.97. The molecule has 0 unspecified atom stereocenters. The number of nitrogens with one attached hydrogen (secondary N) is 1. The minimum absolute atomic E-state index is 0.0481. The SMILES string of the molecule is CCCCn1c(N)c(N(CC)C(=O)CN2CCC(c3nc4ccccc4s3)CC2)c(=O)[nH]c1=O. The zero-order chi connectivity index (χ0) is 24.2. The highest BCUT2D eigenvalue weighted by molar-refractivity contribution is 7.18. The predicted octanol–water partition coefficient (Wildman–Crippen LogP) is 2.76. The van der Waals surface area contributed by atoms with Crippen LogP contribution in [0.2, 0.25) is 0 Å². The van der Waals surface area contributed by atoms with Gasteiger partial charge in [-0.1, -0.05) is 25.5 Å². The maximum atomic E-state index is 13.2. The Hall–Kier alpha value is -2.98. The van der Waals surface area contributed by atoms with Gasteiger partial charge in [-0.3, -0.25) is 24.0 Å². The quantitative estimate of drug-likeness (QED) is 0.508. The highest BCUT2D eigenvalue weighted by atomic mass is 32.1. The number of para-hydroxylation sites is 1. The number of fused-ring (bicyclic) bond motifs is 1. The Morgan fingerprint density at radius 2 is 1.97 bits per heavy atom. The smallest absolute Gasteiger partial charge is 0.330 e. The number of nitrogens with zero attached hydrogens (tertiary/aromatic N) is 4. The molecule has 1 aromatic carbocycles. The normalized spacial score (nSPS) is 15.1. The molecule has 2 aromatic heterocycles. The molecule has 0 spiro atoms. The van der Waals surface area contributed by atoms with Gasteiger partial charge in [0.25, 0.3) is 5.56 Å². The largest absolute Gasteiger partial charge is 0.383 e. The Labute approximate surface area is 202 Å². The number of hydrogen-bond donors (Lipinski definition) is 2. The van der Waals surface area contributed by atoms with E-state index in [1.165, 1.54) is 14.2 Å². The van der Waals surface area contributed by atoms with Crippen molar-refractivity contribution in [1.29, 1.82) is 0 Å². The molecule has 10 heteroatoms. The Morgan fingerprint density at radius 3 is 2.65 bits per heavy atom. The minimum Gasteiger partial charge on any atom is -0.383 e. The van der Waals surface area contributed by atoms with Gasteiger partial charge >= 0.3 is 5.69 Å². The first kappa shape index (κ1) is 24.2. The number of H-pyrrole nitrogens is 1. The molecule has 0 saturated carbocycles. The van der Waals surface area contributed by atoms with E-state index in [1.54, 1.807) is 18.3 Å². The number of thiazole rings is 1. The van der Waals surface area contributed by atoms with Crippen molar-refractivity contribution < 1.29 is 4.79 Å². The van der Waals surface area contributed by atoms with E-state index >= 15 is 0 Å². The van der Waals surface area contributed by atoms with Crippen molar-refractivity contribution in [2.75, 3.05) is 36.8 Å². The predicted molar refractivity (Wildman–Crippen MR) is 137 cm³/mol. The average molecular weight is 485 g/mol. The van der Waals surface area contributed by atoms with Crippen LogP contribution in [0.3, 0.4) is 0 Å². The van der Waals surface area contributed by atoms with Crippen molar-refractivity contribution in [3.05, 3.63) is 50.1 Å². The molecule has 0 radical (unpaired) electrons. The Bertz CT molecular complexity index is 1240. The Morgan fingerprint density at radius 1 is 1.24 bits per heavy atom. The highest BCUT2D eigenvalue weighted by Gasteiger charge is 2.28. The van der Waals surface area contributed by atoms with Crippen LogP contribution in [0, 0.1) is 0 Å². The minimum atomic E-state index is -0.625. The summed E-state index contributed by atoms with van der Waals surface area (Å²) in [5.41, 5.74) is 6.16. The molecule has 1 fully saturated rings. The van der Waals surface area contributed by atoms with Gasteiger partial charge in [-0.15, -0.1) is 11.3 Å². The molecule has 3 heterocycles. The molecule has 1 aliphatic rings. The first-order chi connectivity index (χ1) is 16.4. The van der Waals surface area contributed by atoms with Gasteiger partial charge in [-0.25, -0.2) is 9.78 Å². The number of unbranched alkanes of at least 4 members (excludes halogenated alkanes) is 1. The molecule has 9 nitrogen and oxygen atoms in total. The lowest BCUT2D eigenvalue weighted by molar-refractivity contribution is -0.120. The number of aromatic amines is 1. The number of nitrogens with two attached hydrogens (primary N) is 1. The zero-order valence-corrected chi connectivity index (χ0v) is 20.6. The number of amides is 1. The number of nitrogen functional groups attached to an aromatic ring is 1. The average Bonchev–Trinajstić information content (AvgIpc) is 3.26. The van der Waals surface area contributed by atoms with Gasteiger partial charge in [0.05, 0.1) is 21.8 Å². The fourth-order valence-electron chi connectivity index (χ4n) is 4.51. The van der Waals surface area contributed by atoms with Crippen molar-refractivity contribution in [3.8, 4) is 0 Å². The van der Waals surface area contributed by atoms with Gasteiger partial charge in [0.15, 0.2) is 5.69 Å². The fraction of sp³-hybridized carbons (Fsp3) is 0.500. The number of anilines is 2. The molecule has 34 heavy (non-hydrogen) atoms. The second-order valence-corrected chi connectivity index (χ2v) is 9.77. The summed E-state index contributed by atoms with van der Waals surface area (Å²) in [6.45, 7) is 6.27. The third-order valence-electron chi connectivity index (χ3n) is 6.44. The lowest BCUT2D eigenvalue weighted by Crippen LogP contribution is -2.46. The van der Waals surface area contributed by atoms with Gasteiger partial charge in [0.2, 0.25) is 5.91 Å². The van der Waals surface area contributed by atoms with Gasteiger partial charge in [-0.05, 0) is 51.4 Å². The van der Waals surface area contributed by atoms with Crippen molar-refractivity contribution >= 4 is 39.0 Å². The molecule has 0 aliphatic carbocycles. The molecular weight excluding hydrogens is 452 g/mol. The standard InChI is InChI=1S/C24H32N6O3S/c1-3-5-12-30-21(25)20(22(32)27-24(30)33)29(4-2)19(31)15-28-13-10-16(11-14-28)23-26-17-8-6-7-9-18(17)34-23/h6-9,16H,3-5,10-15,25H2,1-2H3,(H,27,32,33). The molecule has 3 aromatic rings. The summed E-state index contributed by atoms with van der Waals surface area (Å²) in [5, 5.41) is 1.16. The lowest BCUT2D eigenvalue weighted by Gasteiger charge is -2.32. The summed E-state index contributed by atoms with van der Waals surface area (Å²) in [4.78, 5) is 48.7. The molecule has 0 bridgehead atoms. The van der Waals surface area contributed by atoms with E-state index < -0.39 is 11.2 Å². The number of aromatic nitrogens is 3. The summed E-state index contributed by atoms with van der Waals surface area (Å²) < 4.78 is 2.55. The summed E-state index contributed by atoms with van der Waals surface area (Å²) in [7, 11) is 0. The number of rotatable bonds is 8. The van der Waals surface area contributed by atoms with Crippen LogP contribution in [0.5, 0.6) is 0 Å². The molecule has 1 saturated heterocycles. The number of carbonyl (C=O) groups is 1. The number of piperidine rings is 1. The molecular formula is C24H32N6O3S. The first-order valence-electron chi connectivity index (χ1n) is 11.9. The first-order valence-corrected chi connectivity index (χ1v) is 12.7. The third kappa shape index (κ3) is 4.92. The molecule has 4 rings (SSSR count). The second-order valence-electron chi connectivity index (χ2n) is 8.71. The van der Waals surface area contributed by atoms with Gasteiger partial charge < -0.3 is 10.6 Å². The maximum Gasteiger partial charge on any atom is 0.330 e. The van der Waals surface area contributed by atoms with Crippen LogP contribution in [0.15, 0.2) is 33.9 Å². The van der Waals surface area contributed by atoms with Crippen molar-refractivity contribution in [2.45, 2.75) is 52.0 Å². The third-order valence-corrected chi connectivity index (χ3v) is 7.64. The number of benzene rings is 1. The number of likely N-dealkylation sites (tertiary alicyclic amines) is 1. The molecule has 1 amide bonds. The topological polar surface area (TPSA) is 117 Å². The van der Waals surface area contributed by atoms with Crippen LogP contribution in [-0.2, 0) is 11.3 Å². The van der Waals surface area contributed by atoms with Crippen LogP contribution in [0.4, 0.5) is 11.5 Å². The van der Waals surface area contributed by atoms with Crippen molar-refractivity contribution in [1.82, 2.24) is 19.4 Å². The fourth-order valence-corrected chi connectivity index (χ4v) is 5.65. The van der Waals surface area contributed by atoms with Crippen molar-refractivity contribution in [2.24, 2.45) is 0 Å². The second kappa shape index (κ2) is 10.5. The highest BCUT2D eigenvalue weighted by Crippen LogP contribution is 2.33. The summed E-state index contributed by atoms with van der Waals surface area (Å²) >= 11 is 1.75. The van der Waals surface area contributed by atoms with Crippen LogP contribution in [0.25, 0.3) is 10.2 Å². The van der Waals surface area contributed by atoms with Gasteiger partial charge in [0, 0.05) is 19.0 Å². The number of likely N-dealkylation sites (N-methyl/N-ethyl adjacent to an activating group) is 1. The van der Waals surface area contributed by atoms with E-state index in [1.807, 2.05) is 25.1 Å². The van der Waals surface area contributed by atoms with Crippen LogP contribution in [-0.4, -0.2) is 51.5 Å². The van der Waals surface area contributed by atoms with Crippen LogP contribution in [0.1, 0.15) is 50.5 Å².